The fraction of sp³-hybridized carbons (Fsp3) is 0.167. The lowest BCUT2D eigenvalue weighted by Crippen LogP contribution is -2.47. The lowest BCUT2D eigenvalue weighted by molar-refractivity contribution is -0.111. The predicted molar refractivity (Wildman–Crippen MR) is 149 cm³/mol. The van der Waals surface area contributed by atoms with Crippen molar-refractivity contribution in [1.82, 2.24) is 0 Å². The van der Waals surface area contributed by atoms with Crippen molar-refractivity contribution in [3.05, 3.63) is 106 Å². The molecule has 4 aromatic rings. The van der Waals surface area contributed by atoms with Crippen molar-refractivity contribution >= 4 is 40.6 Å². The lowest BCUT2D eigenvalue weighted by Gasteiger charge is -2.37. The summed E-state index contributed by atoms with van der Waals surface area (Å²) >= 11 is 6.19. The van der Waals surface area contributed by atoms with Crippen LogP contribution in [-0.4, -0.2) is 32.1 Å². The van der Waals surface area contributed by atoms with Gasteiger partial charge in [-0.05, 0) is 61.0 Å². The maximum Gasteiger partial charge on any atom is 0.248 e. The summed E-state index contributed by atoms with van der Waals surface area (Å²) in [6, 6.07) is 16.1. The molecule has 41 heavy (non-hydrogen) atoms. The number of halogens is 6. The van der Waals surface area contributed by atoms with E-state index in [1.54, 1.807) is 42.5 Å². The molecule has 3 aromatic carbocycles. The van der Waals surface area contributed by atoms with E-state index in [-0.39, 0.29) is 32.1 Å². The van der Waals surface area contributed by atoms with Crippen LogP contribution in [0.25, 0.3) is 17.4 Å². The molecule has 1 saturated heterocycles. The second-order valence-electron chi connectivity index (χ2n) is 9.43. The number of anilines is 3. The van der Waals surface area contributed by atoms with Gasteiger partial charge in [0.25, 0.3) is 0 Å². The first-order valence-corrected chi connectivity index (χ1v) is 13.0. The fourth-order valence-corrected chi connectivity index (χ4v) is 4.68. The Morgan fingerprint density at radius 2 is 1.44 bits per heavy atom. The van der Waals surface area contributed by atoms with Crippen LogP contribution in [0.3, 0.4) is 0 Å². The normalized spacial score (nSPS) is 13.7. The summed E-state index contributed by atoms with van der Waals surface area (Å²) in [4.78, 5) is 15.5. The van der Waals surface area contributed by atoms with Crippen molar-refractivity contribution < 1.29 is 31.2 Å². The van der Waals surface area contributed by atoms with E-state index in [9.17, 15) is 26.7 Å². The first-order chi connectivity index (χ1) is 19.6. The SMILES string of the molecule is Cc1ccc(-c2ccc(/C=C/C(=O)Nc3ccc(N4CCN(c5c(F)c(F)c(F)c(F)c5F)CC4)cc3)o2)cc1Cl. The highest BCUT2D eigenvalue weighted by Gasteiger charge is 2.30. The molecule has 1 amide bonds. The van der Waals surface area contributed by atoms with Gasteiger partial charge in [0.15, 0.2) is 23.3 Å². The van der Waals surface area contributed by atoms with E-state index in [0.717, 1.165) is 21.7 Å². The summed E-state index contributed by atoms with van der Waals surface area (Å²) in [5.41, 5.74) is 2.18. The van der Waals surface area contributed by atoms with Gasteiger partial charge in [-0.15, -0.1) is 0 Å². The minimum atomic E-state index is -2.18. The molecule has 0 atom stereocenters. The van der Waals surface area contributed by atoms with Crippen LogP contribution in [0.4, 0.5) is 39.0 Å². The molecule has 0 unspecified atom stereocenters. The van der Waals surface area contributed by atoms with Crippen LogP contribution < -0.4 is 15.1 Å². The first-order valence-electron chi connectivity index (χ1n) is 12.6. The van der Waals surface area contributed by atoms with E-state index in [1.165, 1.54) is 6.08 Å². The Bertz CT molecular complexity index is 1600. The Morgan fingerprint density at radius 1 is 0.829 bits per heavy atom. The third-order valence-corrected chi connectivity index (χ3v) is 7.17. The van der Waals surface area contributed by atoms with Gasteiger partial charge in [-0.25, -0.2) is 22.0 Å². The Balaban J connectivity index is 1.16. The van der Waals surface area contributed by atoms with E-state index >= 15 is 0 Å². The van der Waals surface area contributed by atoms with Gasteiger partial charge < -0.3 is 19.5 Å². The molecule has 0 radical (unpaired) electrons. The number of amides is 1. The van der Waals surface area contributed by atoms with Crippen LogP contribution in [-0.2, 0) is 4.79 Å². The number of carbonyl (C=O) groups is 1. The summed E-state index contributed by atoms with van der Waals surface area (Å²) in [6.45, 7) is 2.58. The highest BCUT2D eigenvalue weighted by molar-refractivity contribution is 6.31. The largest absolute Gasteiger partial charge is 0.457 e. The van der Waals surface area contributed by atoms with Gasteiger partial charge in [0.1, 0.15) is 17.2 Å². The van der Waals surface area contributed by atoms with Crippen LogP contribution in [0.15, 0.2) is 65.1 Å². The Hall–Kier alpha value is -4.31. The predicted octanol–water partition coefficient (Wildman–Crippen LogP) is 7.58. The van der Waals surface area contributed by atoms with Crippen LogP contribution in [0, 0.1) is 36.0 Å². The third kappa shape index (κ3) is 5.92. The first kappa shape index (κ1) is 28.2. The number of carbonyl (C=O) groups excluding carboxylic acids is 1. The van der Waals surface area contributed by atoms with Crippen molar-refractivity contribution in [2.24, 2.45) is 0 Å². The minimum Gasteiger partial charge on any atom is -0.457 e. The number of hydrogen-bond acceptors (Lipinski definition) is 4. The summed E-state index contributed by atoms with van der Waals surface area (Å²) in [6.07, 6.45) is 2.89. The maximum absolute atomic E-state index is 14.2. The van der Waals surface area contributed by atoms with E-state index in [2.05, 4.69) is 5.32 Å². The summed E-state index contributed by atoms with van der Waals surface area (Å²) in [5.74, 6) is -9.04. The summed E-state index contributed by atoms with van der Waals surface area (Å²) < 4.78 is 74.7. The molecule has 11 heteroatoms. The summed E-state index contributed by atoms with van der Waals surface area (Å²) in [5, 5.41) is 3.39. The number of rotatable bonds is 6. The molecule has 0 aliphatic carbocycles. The van der Waals surface area contributed by atoms with E-state index in [1.807, 2.05) is 30.0 Å². The molecule has 212 valence electrons. The molecule has 5 rings (SSSR count). The Kier molecular flexibility index (Phi) is 8.03. The molecular weight excluding hydrogens is 565 g/mol. The smallest absolute Gasteiger partial charge is 0.248 e. The Morgan fingerprint density at radius 3 is 2.07 bits per heavy atom. The lowest BCUT2D eigenvalue weighted by atomic mass is 10.1. The quantitative estimate of drug-likeness (QED) is 0.109. The van der Waals surface area contributed by atoms with Gasteiger partial charge in [0.2, 0.25) is 11.7 Å². The summed E-state index contributed by atoms with van der Waals surface area (Å²) in [7, 11) is 0. The van der Waals surface area contributed by atoms with E-state index in [0.29, 0.717) is 22.2 Å². The molecule has 0 spiro atoms. The van der Waals surface area contributed by atoms with Crippen LogP contribution in [0.1, 0.15) is 11.3 Å². The molecule has 1 aliphatic heterocycles. The minimum absolute atomic E-state index is 0.0487. The molecular formula is C30H23ClF5N3O2. The zero-order valence-corrected chi connectivity index (χ0v) is 22.4. The highest BCUT2D eigenvalue weighted by atomic mass is 35.5. The average Bonchev–Trinajstić information content (AvgIpc) is 3.45. The number of benzene rings is 3. The second-order valence-corrected chi connectivity index (χ2v) is 9.84. The Labute approximate surface area is 237 Å². The number of piperazine rings is 1. The number of furan rings is 1. The van der Waals surface area contributed by atoms with E-state index in [4.69, 9.17) is 16.0 Å². The number of nitrogens with zero attached hydrogens (tertiary/aromatic N) is 2. The highest BCUT2D eigenvalue weighted by Crippen LogP contribution is 2.32. The topological polar surface area (TPSA) is 48.7 Å². The number of hydrogen-bond donors (Lipinski definition) is 1. The number of nitrogens with one attached hydrogen (secondary N) is 1. The van der Waals surface area contributed by atoms with Crippen molar-refractivity contribution in [2.75, 3.05) is 41.3 Å². The van der Waals surface area contributed by atoms with Crippen molar-refractivity contribution in [2.45, 2.75) is 6.92 Å². The monoisotopic (exact) mass is 587 g/mol. The standard InChI is InChI=1S/C30H23ClF5N3O2/c1-17-2-3-18(16-22(17)31)23-10-8-21(41-23)9-11-24(40)37-19-4-6-20(7-5-19)38-12-14-39(15-13-38)30-28(35)26(33)25(32)27(34)29(30)36/h2-11,16H,12-15H2,1H3,(H,37,40)/b11-9+. The maximum atomic E-state index is 14.2. The fourth-order valence-electron chi connectivity index (χ4n) is 4.50. The molecule has 2 heterocycles. The van der Waals surface area contributed by atoms with Crippen LogP contribution in [0.2, 0.25) is 5.02 Å². The van der Waals surface area contributed by atoms with Gasteiger partial charge in [-0.3, -0.25) is 4.79 Å². The molecule has 5 nitrogen and oxygen atoms in total. The zero-order valence-electron chi connectivity index (χ0n) is 21.7. The molecule has 1 N–H and O–H groups in total. The van der Waals surface area contributed by atoms with Gasteiger partial charge in [0, 0.05) is 54.2 Å². The zero-order chi connectivity index (χ0) is 29.3. The molecule has 1 fully saturated rings. The van der Waals surface area contributed by atoms with Crippen LogP contribution >= 0.6 is 11.6 Å². The van der Waals surface area contributed by atoms with Crippen LogP contribution in [0.5, 0.6) is 0 Å². The van der Waals surface area contributed by atoms with E-state index < -0.39 is 34.8 Å². The third-order valence-electron chi connectivity index (χ3n) is 6.76. The second kappa shape index (κ2) is 11.7. The number of aryl methyl sites for hydroxylation is 1. The molecule has 1 aliphatic rings. The van der Waals surface area contributed by atoms with Gasteiger partial charge >= 0.3 is 0 Å². The molecule has 1 aromatic heterocycles. The van der Waals surface area contributed by atoms with Gasteiger partial charge in [-0.1, -0.05) is 23.7 Å². The van der Waals surface area contributed by atoms with Gasteiger partial charge in [-0.2, -0.15) is 0 Å². The average molecular weight is 588 g/mol. The van der Waals surface area contributed by atoms with Crippen molar-refractivity contribution in [1.29, 1.82) is 0 Å². The van der Waals surface area contributed by atoms with Crippen molar-refractivity contribution in [3.63, 3.8) is 0 Å². The molecule has 0 saturated carbocycles. The van der Waals surface area contributed by atoms with Gasteiger partial charge in [0.05, 0.1) is 0 Å². The van der Waals surface area contributed by atoms with Crippen molar-refractivity contribution in [3.8, 4) is 11.3 Å². The molecule has 0 bridgehead atoms.